The summed E-state index contributed by atoms with van der Waals surface area (Å²) in [5.41, 5.74) is 3.43. The van der Waals surface area contributed by atoms with E-state index in [9.17, 15) is 4.79 Å². The van der Waals surface area contributed by atoms with Gasteiger partial charge in [0.25, 0.3) is 0 Å². The van der Waals surface area contributed by atoms with Gasteiger partial charge in [-0.05, 0) is 48.2 Å². The lowest BCUT2D eigenvalue weighted by Gasteiger charge is -2.21. The van der Waals surface area contributed by atoms with Crippen LogP contribution >= 0.6 is 0 Å². The lowest BCUT2D eigenvalue weighted by Crippen LogP contribution is -2.30. The normalized spacial score (nSPS) is 10.7. The van der Waals surface area contributed by atoms with Crippen LogP contribution in [0.2, 0.25) is 0 Å². The van der Waals surface area contributed by atoms with Crippen LogP contribution in [0.5, 0.6) is 0 Å². The van der Waals surface area contributed by atoms with E-state index in [1.54, 1.807) is 24.9 Å². The standard InChI is InChI=1S/C21H24N4O/c1-2-25(21(26)7-4-13-24-14-12-23-17-24)16-18-5-3-6-20(15-18)19-8-10-22-11-9-19/h3,5-6,8-12,14-15,17H,2,4,7,13,16H2,1H3. The first-order valence-electron chi connectivity index (χ1n) is 8.99. The van der Waals surface area contributed by atoms with Gasteiger partial charge in [-0.3, -0.25) is 9.78 Å². The summed E-state index contributed by atoms with van der Waals surface area (Å²) in [7, 11) is 0. The molecule has 134 valence electrons. The fraction of sp³-hybridized carbons (Fsp3) is 0.286. The Morgan fingerprint density at radius 2 is 1.92 bits per heavy atom. The lowest BCUT2D eigenvalue weighted by molar-refractivity contribution is -0.131. The van der Waals surface area contributed by atoms with Crippen LogP contribution in [0.15, 0.2) is 67.5 Å². The number of nitrogens with zero attached hydrogens (tertiary/aromatic N) is 4. The molecule has 26 heavy (non-hydrogen) atoms. The summed E-state index contributed by atoms with van der Waals surface area (Å²) < 4.78 is 2.00. The molecule has 3 rings (SSSR count). The minimum Gasteiger partial charge on any atom is -0.339 e. The van der Waals surface area contributed by atoms with E-state index in [1.807, 2.05) is 40.8 Å². The minimum absolute atomic E-state index is 0.196. The maximum atomic E-state index is 12.6. The molecule has 0 spiro atoms. The number of rotatable bonds is 8. The summed E-state index contributed by atoms with van der Waals surface area (Å²) >= 11 is 0. The zero-order valence-electron chi connectivity index (χ0n) is 15.1. The second-order valence-corrected chi connectivity index (χ2v) is 6.25. The molecular formula is C21H24N4O. The molecule has 0 unspecified atom stereocenters. The Morgan fingerprint density at radius 1 is 1.08 bits per heavy atom. The molecule has 5 heteroatoms. The Labute approximate surface area is 154 Å². The maximum Gasteiger partial charge on any atom is 0.222 e. The summed E-state index contributed by atoms with van der Waals surface area (Å²) in [5, 5.41) is 0. The Bertz CT molecular complexity index is 815. The van der Waals surface area contributed by atoms with Crippen molar-refractivity contribution in [3.8, 4) is 11.1 Å². The summed E-state index contributed by atoms with van der Waals surface area (Å²) in [6, 6.07) is 12.4. The van der Waals surface area contributed by atoms with Crippen LogP contribution in [-0.2, 0) is 17.9 Å². The Balaban J connectivity index is 1.59. The predicted octanol–water partition coefficient (Wildman–Crippen LogP) is 3.77. The van der Waals surface area contributed by atoms with Crippen molar-refractivity contribution >= 4 is 5.91 Å². The Hall–Kier alpha value is -2.95. The summed E-state index contributed by atoms with van der Waals surface area (Å²) in [6.07, 6.45) is 10.4. The molecule has 2 heterocycles. The molecule has 0 aliphatic rings. The first kappa shape index (κ1) is 17.9. The van der Waals surface area contributed by atoms with E-state index >= 15 is 0 Å². The van der Waals surface area contributed by atoms with E-state index in [1.165, 1.54) is 0 Å². The van der Waals surface area contributed by atoms with E-state index < -0.39 is 0 Å². The molecule has 0 bridgehead atoms. The van der Waals surface area contributed by atoms with Gasteiger partial charge in [-0.1, -0.05) is 18.2 Å². The van der Waals surface area contributed by atoms with Crippen molar-refractivity contribution in [2.24, 2.45) is 0 Å². The zero-order valence-corrected chi connectivity index (χ0v) is 15.1. The van der Waals surface area contributed by atoms with Crippen molar-refractivity contribution in [2.45, 2.75) is 32.9 Å². The van der Waals surface area contributed by atoms with Crippen LogP contribution in [0.4, 0.5) is 0 Å². The molecule has 0 saturated carbocycles. The van der Waals surface area contributed by atoms with Gasteiger partial charge in [-0.15, -0.1) is 0 Å². The number of carbonyl (C=O) groups excluding carboxylic acids is 1. The first-order valence-corrected chi connectivity index (χ1v) is 8.99. The van der Waals surface area contributed by atoms with Crippen LogP contribution < -0.4 is 0 Å². The van der Waals surface area contributed by atoms with Gasteiger partial charge >= 0.3 is 0 Å². The van der Waals surface area contributed by atoms with Crippen molar-refractivity contribution < 1.29 is 4.79 Å². The van der Waals surface area contributed by atoms with Gasteiger partial charge < -0.3 is 9.47 Å². The quantitative estimate of drug-likeness (QED) is 0.622. The van der Waals surface area contributed by atoms with E-state index in [4.69, 9.17) is 0 Å². The molecule has 3 aromatic rings. The average molecular weight is 348 g/mol. The second-order valence-electron chi connectivity index (χ2n) is 6.25. The number of imidazole rings is 1. The van der Waals surface area contributed by atoms with Gasteiger partial charge in [0.15, 0.2) is 0 Å². The molecule has 0 aliphatic carbocycles. The highest BCUT2D eigenvalue weighted by molar-refractivity contribution is 5.76. The largest absolute Gasteiger partial charge is 0.339 e. The van der Waals surface area contributed by atoms with Crippen molar-refractivity contribution in [3.63, 3.8) is 0 Å². The van der Waals surface area contributed by atoms with Crippen molar-refractivity contribution in [1.82, 2.24) is 19.4 Å². The lowest BCUT2D eigenvalue weighted by atomic mass is 10.0. The third-order valence-corrected chi connectivity index (χ3v) is 4.41. The third-order valence-electron chi connectivity index (χ3n) is 4.41. The van der Waals surface area contributed by atoms with Gasteiger partial charge in [0.2, 0.25) is 5.91 Å². The molecule has 0 radical (unpaired) electrons. The van der Waals surface area contributed by atoms with Crippen molar-refractivity contribution in [2.75, 3.05) is 6.54 Å². The van der Waals surface area contributed by atoms with E-state index in [0.29, 0.717) is 19.5 Å². The molecule has 0 aliphatic heterocycles. The molecule has 1 aromatic carbocycles. The van der Waals surface area contributed by atoms with Gasteiger partial charge in [0.05, 0.1) is 6.33 Å². The molecule has 5 nitrogen and oxygen atoms in total. The van der Waals surface area contributed by atoms with Gasteiger partial charge in [0, 0.05) is 50.8 Å². The smallest absolute Gasteiger partial charge is 0.222 e. The van der Waals surface area contributed by atoms with Crippen LogP contribution in [-0.4, -0.2) is 31.9 Å². The van der Waals surface area contributed by atoms with Gasteiger partial charge in [0.1, 0.15) is 0 Å². The highest BCUT2D eigenvalue weighted by Gasteiger charge is 2.12. The number of aromatic nitrogens is 3. The fourth-order valence-corrected chi connectivity index (χ4v) is 2.98. The number of aryl methyl sites for hydroxylation is 1. The van der Waals surface area contributed by atoms with E-state index in [-0.39, 0.29) is 5.91 Å². The number of carbonyl (C=O) groups is 1. The zero-order chi connectivity index (χ0) is 18.2. The van der Waals surface area contributed by atoms with Crippen LogP contribution in [0, 0.1) is 0 Å². The van der Waals surface area contributed by atoms with Crippen LogP contribution in [0.1, 0.15) is 25.3 Å². The molecule has 0 fully saturated rings. The van der Waals surface area contributed by atoms with E-state index in [2.05, 4.69) is 28.2 Å². The number of pyridine rings is 1. The number of hydrogen-bond donors (Lipinski definition) is 0. The Morgan fingerprint density at radius 3 is 2.65 bits per heavy atom. The Kier molecular flexibility index (Phi) is 6.14. The topological polar surface area (TPSA) is 51.0 Å². The van der Waals surface area contributed by atoms with E-state index in [0.717, 1.165) is 29.7 Å². The van der Waals surface area contributed by atoms with Crippen LogP contribution in [0.25, 0.3) is 11.1 Å². The highest BCUT2D eigenvalue weighted by atomic mass is 16.2. The monoisotopic (exact) mass is 348 g/mol. The number of hydrogen-bond acceptors (Lipinski definition) is 3. The summed E-state index contributed by atoms with van der Waals surface area (Å²) in [6.45, 7) is 4.20. The van der Waals surface area contributed by atoms with Crippen LogP contribution in [0.3, 0.4) is 0 Å². The minimum atomic E-state index is 0.196. The maximum absolute atomic E-state index is 12.6. The van der Waals surface area contributed by atoms with Crippen molar-refractivity contribution in [1.29, 1.82) is 0 Å². The highest BCUT2D eigenvalue weighted by Crippen LogP contribution is 2.20. The third kappa shape index (κ3) is 4.79. The summed E-state index contributed by atoms with van der Waals surface area (Å²) in [5.74, 6) is 0.196. The molecule has 2 aromatic heterocycles. The van der Waals surface area contributed by atoms with Crippen molar-refractivity contribution in [3.05, 3.63) is 73.1 Å². The second kappa shape index (κ2) is 8.94. The number of benzene rings is 1. The average Bonchev–Trinajstić information content (AvgIpc) is 3.20. The molecule has 1 amide bonds. The SMILES string of the molecule is CCN(Cc1cccc(-c2ccncc2)c1)C(=O)CCCn1ccnc1. The molecular weight excluding hydrogens is 324 g/mol. The first-order chi connectivity index (χ1) is 12.8. The molecule has 0 saturated heterocycles. The molecule has 0 atom stereocenters. The predicted molar refractivity (Wildman–Crippen MR) is 102 cm³/mol. The molecule has 0 N–H and O–H groups in total. The van der Waals surface area contributed by atoms with Gasteiger partial charge in [-0.25, -0.2) is 4.98 Å². The van der Waals surface area contributed by atoms with Gasteiger partial charge in [-0.2, -0.15) is 0 Å². The number of amides is 1. The fourth-order valence-electron chi connectivity index (χ4n) is 2.98. The summed E-state index contributed by atoms with van der Waals surface area (Å²) in [4.78, 5) is 22.6.